The summed E-state index contributed by atoms with van der Waals surface area (Å²) < 4.78 is 12.8. The minimum absolute atomic E-state index is 0.159. The highest BCUT2D eigenvalue weighted by molar-refractivity contribution is 5.22. The van der Waals surface area contributed by atoms with Gasteiger partial charge in [0.2, 0.25) is 0 Å². The van der Waals surface area contributed by atoms with E-state index in [4.69, 9.17) is 9.47 Å². The molecule has 3 rings (SSSR count). The Morgan fingerprint density at radius 1 is 1.55 bits per heavy atom. The molecule has 0 saturated heterocycles. The SMILES string of the molecule is O=[N+]([O-])c1cn2c(n1)O[C@H](COc1cc[c]cc1)CC2. The number of aryl methyl sites for hydroxylation is 1. The maximum absolute atomic E-state index is 10.7. The van der Waals surface area contributed by atoms with Crippen LogP contribution in [0, 0.1) is 16.2 Å². The minimum atomic E-state index is -0.527. The monoisotopic (exact) mass is 274 g/mol. The Morgan fingerprint density at radius 3 is 3.10 bits per heavy atom. The zero-order chi connectivity index (χ0) is 13.9. The highest BCUT2D eigenvalue weighted by Gasteiger charge is 2.28. The number of ether oxygens (including phenoxy) is 2. The van der Waals surface area contributed by atoms with Gasteiger partial charge in [0.25, 0.3) is 0 Å². The normalized spacial score (nSPS) is 17.1. The number of benzene rings is 1. The van der Waals surface area contributed by atoms with E-state index in [0.717, 1.165) is 12.2 Å². The second-order valence-electron chi connectivity index (χ2n) is 4.41. The first-order valence-corrected chi connectivity index (χ1v) is 6.19. The van der Waals surface area contributed by atoms with E-state index in [1.807, 2.05) is 12.1 Å². The van der Waals surface area contributed by atoms with Gasteiger partial charge in [0, 0.05) is 17.9 Å². The quantitative estimate of drug-likeness (QED) is 0.627. The Labute approximate surface area is 114 Å². The molecule has 1 radical (unpaired) electrons. The molecule has 2 aromatic rings. The summed E-state index contributed by atoms with van der Waals surface area (Å²) in [7, 11) is 0. The molecule has 7 nitrogen and oxygen atoms in total. The van der Waals surface area contributed by atoms with Gasteiger partial charge in [-0.2, -0.15) is 0 Å². The third-order valence-corrected chi connectivity index (χ3v) is 3.00. The Hall–Kier alpha value is -2.57. The summed E-state index contributed by atoms with van der Waals surface area (Å²) in [6.45, 7) is 1.01. The van der Waals surface area contributed by atoms with Gasteiger partial charge >= 0.3 is 11.8 Å². The minimum Gasteiger partial charge on any atom is -0.490 e. The lowest BCUT2D eigenvalue weighted by molar-refractivity contribution is -0.389. The molecular weight excluding hydrogens is 262 g/mol. The number of hydrogen-bond acceptors (Lipinski definition) is 5. The first-order valence-electron chi connectivity index (χ1n) is 6.19. The molecule has 1 aliphatic heterocycles. The number of rotatable bonds is 4. The molecule has 0 N–H and O–H groups in total. The number of hydrogen-bond donors (Lipinski definition) is 0. The number of fused-ring (bicyclic) bond motifs is 1. The van der Waals surface area contributed by atoms with Crippen molar-refractivity contribution in [1.82, 2.24) is 9.55 Å². The van der Waals surface area contributed by atoms with Crippen molar-refractivity contribution < 1.29 is 14.4 Å². The molecule has 1 aromatic carbocycles. The van der Waals surface area contributed by atoms with E-state index >= 15 is 0 Å². The van der Waals surface area contributed by atoms with Crippen molar-refractivity contribution in [2.75, 3.05) is 6.61 Å². The van der Waals surface area contributed by atoms with Gasteiger partial charge in [0.1, 0.15) is 24.7 Å². The fourth-order valence-electron chi connectivity index (χ4n) is 1.99. The largest absolute Gasteiger partial charge is 0.490 e. The maximum atomic E-state index is 10.7. The summed E-state index contributed by atoms with van der Waals surface area (Å²) in [4.78, 5) is 14.0. The average Bonchev–Trinajstić information content (AvgIpc) is 2.89. The van der Waals surface area contributed by atoms with Crippen LogP contribution in [0.3, 0.4) is 0 Å². The van der Waals surface area contributed by atoms with Crippen molar-refractivity contribution in [2.45, 2.75) is 19.1 Å². The van der Waals surface area contributed by atoms with Gasteiger partial charge in [-0.1, -0.05) is 12.1 Å². The van der Waals surface area contributed by atoms with Gasteiger partial charge < -0.3 is 19.6 Å². The van der Waals surface area contributed by atoms with Gasteiger partial charge in [0.05, 0.1) is 0 Å². The van der Waals surface area contributed by atoms with E-state index in [9.17, 15) is 10.1 Å². The number of aromatic nitrogens is 2. The summed E-state index contributed by atoms with van der Waals surface area (Å²) in [5, 5.41) is 10.7. The van der Waals surface area contributed by atoms with Crippen molar-refractivity contribution >= 4 is 5.82 Å². The molecule has 2 heterocycles. The van der Waals surface area contributed by atoms with Gasteiger partial charge in [-0.05, 0) is 23.1 Å². The van der Waals surface area contributed by atoms with Gasteiger partial charge in [-0.3, -0.25) is 4.57 Å². The van der Waals surface area contributed by atoms with Crippen LogP contribution >= 0.6 is 0 Å². The third-order valence-electron chi connectivity index (χ3n) is 3.00. The second-order valence-corrected chi connectivity index (χ2v) is 4.41. The molecule has 0 aliphatic carbocycles. The molecule has 0 bridgehead atoms. The molecule has 1 aromatic heterocycles. The first kappa shape index (κ1) is 12.5. The van der Waals surface area contributed by atoms with Crippen LogP contribution < -0.4 is 9.47 Å². The molecule has 103 valence electrons. The number of nitrogens with zero attached hydrogens (tertiary/aromatic N) is 3. The fraction of sp³-hybridized carbons (Fsp3) is 0.308. The van der Waals surface area contributed by atoms with Gasteiger partial charge in [0.15, 0.2) is 0 Å². The lowest BCUT2D eigenvalue weighted by Gasteiger charge is -2.22. The zero-order valence-corrected chi connectivity index (χ0v) is 10.6. The smallest absolute Gasteiger partial charge is 0.414 e. The van der Waals surface area contributed by atoms with E-state index < -0.39 is 4.92 Å². The topological polar surface area (TPSA) is 79.4 Å². The number of imidazole rings is 1. The molecule has 0 spiro atoms. The number of nitro groups is 1. The Kier molecular flexibility index (Phi) is 3.24. The molecule has 20 heavy (non-hydrogen) atoms. The predicted molar refractivity (Wildman–Crippen MR) is 68.7 cm³/mol. The van der Waals surface area contributed by atoms with Crippen LogP contribution in [-0.4, -0.2) is 27.2 Å². The summed E-state index contributed by atoms with van der Waals surface area (Å²) in [6.07, 6.45) is 1.95. The summed E-state index contributed by atoms with van der Waals surface area (Å²) in [5.74, 6) is 0.549. The maximum Gasteiger partial charge on any atom is 0.414 e. The lowest BCUT2D eigenvalue weighted by atomic mass is 10.2. The molecule has 0 unspecified atom stereocenters. The Balaban J connectivity index is 1.62. The van der Waals surface area contributed by atoms with Gasteiger partial charge in [-0.25, -0.2) is 0 Å². The molecule has 1 atom stereocenters. The van der Waals surface area contributed by atoms with Crippen LogP contribution in [0.1, 0.15) is 6.42 Å². The Morgan fingerprint density at radius 2 is 2.35 bits per heavy atom. The van der Waals surface area contributed by atoms with Crippen LogP contribution in [0.2, 0.25) is 0 Å². The van der Waals surface area contributed by atoms with E-state index in [1.54, 1.807) is 16.7 Å². The van der Waals surface area contributed by atoms with Crippen LogP contribution in [-0.2, 0) is 6.54 Å². The van der Waals surface area contributed by atoms with E-state index in [-0.39, 0.29) is 17.9 Å². The first-order chi connectivity index (χ1) is 9.72. The van der Waals surface area contributed by atoms with E-state index in [0.29, 0.717) is 13.2 Å². The fourth-order valence-corrected chi connectivity index (χ4v) is 1.99. The molecule has 0 fully saturated rings. The Bertz CT molecular complexity index is 611. The van der Waals surface area contributed by atoms with E-state index in [2.05, 4.69) is 11.1 Å². The third kappa shape index (κ3) is 2.56. The van der Waals surface area contributed by atoms with Crippen molar-refractivity contribution in [2.24, 2.45) is 0 Å². The average molecular weight is 274 g/mol. The van der Waals surface area contributed by atoms with Crippen LogP contribution in [0.5, 0.6) is 11.8 Å². The van der Waals surface area contributed by atoms with Crippen LogP contribution in [0.4, 0.5) is 5.82 Å². The highest BCUT2D eigenvalue weighted by Crippen LogP contribution is 2.24. The molecule has 7 heteroatoms. The summed E-state index contributed by atoms with van der Waals surface area (Å²) >= 11 is 0. The molecule has 0 amide bonds. The highest BCUT2D eigenvalue weighted by atomic mass is 16.6. The van der Waals surface area contributed by atoms with Crippen molar-refractivity contribution in [3.8, 4) is 11.8 Å². The van der Waals surface area contributed by atoms with E-state index in [1.165, 1.54) is 6.20 Å². The second kappa shape index (κ2) is 5.20. The van der Waals surface area contributed by atoms with Crippen molar-refractivity contribution in [1.29, 1.82) is 0 Å². The summed E-state index contributed by atoms with van der Waals surface area (Å²) in [5.41, 5.74) is 0. The van der Waals surface area contributed by atoms with Crippen LogP contribution in [0.25, 0.3) is 0 Å². The van der Waals surface area contributed by atoms with Gasteiger partial charge in [-0.15, -0.1) is 0 Å². The molecule has 0 saturated carbocycles. The summed E-state index contributed by atoms with van der Waals surface area (Å²) in [6, 6.07) is 10.4. The predicted octanol–water partition coefficient (Wildman–Crippen LogP) is 1.82. The molecule has 1 aliphatic rings. The molecular formula is C13H12N3O4. The standard InChI is InChI=1S/C13H12N3O4/c17-16(18)12-8-15-7-6-11(20-13(15)14-12)9-19-10-4-2-1-3-5-10/h2-5,8,11H,6-7,9H2/t11-/m0/s1. The van der Waals surface area contributed by atoms with Crippen LogP contribution in [0.15, 0.2) is 30.5 Å². The lowest BCUT2D eigenvalue weighted by Crippen LogP contribution is -2.31. The zero-order valence-electron chi connectivity index (χ0n) is 10.6. The van der Waals surface area contributed by atoms with Crippen molar-refractivity contribution in [3.05, 3.63) is 46.6 Å². The van der Waals surface area contributed by atoms with Crippen molar-refractivity contribution in [3.63, 3.8) is 0 Å².